The Morgan fingerprint density at radius 1 is 1.33 bits per heavy atom. The number of carbonyl (C=O) groups is 1. The first-order chi connectivity index (χ1) is 9.88. The predicted molar refractivity (Wildman–Crippen MR) is 85.7 cm³/mol. The molecule has 1 saturated heterocycles. The molecule has 21 heavy (non-hydrogen) atoms. The van der Waals surface area contributed by atoms with Gasteiger partial charge in [-0.15, -0.1) is 0 Å². The number of nitrogens with zero attached hydrogens (tertiary/aromatic N) is 2. The van der Waals surface area contributed by atoms with Crippen LogP contribution in [-0.2, 0) is 11.2 Å². The van der Waals surface area contributed by atoms with Crippen LogP contribution >= 0.6 is 15.9 Å². The van der Waals surface area contributed by atoms with Gasteiger partial charge in [-0.3, -0.25) is 9.69 Å². The molecule has 0 saturated carbocycles. The van der Waals surface area contributed by atoms with E-state index in [1.165, 1.54) is 6.07 Å². The monoisotopic (exact) mass is 356 g/mol. The summed E-state index contributed by atoms with van der Waals surface area (Å²) in [5.41, 5.74) is 0.598. The molecule has 0 aromatic heterocycles. The fraction of sp³-hybridized carbons (Fsp3) is 0.562. The highest BCUT2D eigenvalue weighted by Gasteiger charge is 2.29. The van der Waals surface area contributed by atoms with Gasteiger partial charge in [0.2, 0.25) is 5.91 Å². The third kappa shape index (κ3) is 4.04. The minimum Gasteiger partial charge on any atom is -0.337 e. The number of aryl methyl sites for hydroxylation is 1. The Hall–Kier alpha value is -0.940. The summed E-state index contributed by atoms with van der Waals surface area (Å²) in [6.45, 7) is 5.83. The van der Waals surface area contributed by atoms with Crippen LogP contribution in [0, 0.1) is 5.82 Å². The summed E-state index contributed by atoms with van der Waals surface area (Å²) in [5.74, 6) is -0.137. The van der Waals surface area contributed by atoms with Crippen LogP contribution < -0.4 is 0 Å². The van der Waals surface area contributed by atoms with Gasteiger partial charge in [-0.25, -0.2) is 4.39 Å². The molecule has 1 aliphatic heterocycles. The predicted octanol–water partition coefficient (Wildman–Crippen LogP) is 3.07. The maximum atomic E-state index is 13.8. The maximum Gasteiger partial charge on any atom is 0.223 e. The highest BCUT2D eigenvalue weighted by atomic mass is 79.9. The first-order valence-corrected chi connectivity index (χ1v) is 8.11. The third-order valence-electron chi connectivity index (χ3n) is 4.24. The van der Waals surface area contributed by atoms with E-state index in [0.717, 1.165) is 17.6 Å². The Labute approximate surface area is 134 Å². The summed E-state index contributed by atoms with van der Waals surface area (Å²) < 4.78 is 14.5. The molecule has 0 spiro atoms. The molecular formula is C16H22BrFN2O. The van der Waals surface area contributed by atoms with Crippen LogP contribution in [0.5, 0.6) is 0 Å². The van der Waals surface area contributed by atoms with Crippen LogP contribution in [-0.4, -0.2) is 47.9 Å². The molecule has 0 aliphatic carbocycles. The summed E-state index contributed by atoms with van der Waals surface area (Å²) in [6, 6.07) is 5.58. The number of rotatable bonds is 3. The van der Waals surface area contributed by atoms with E-state index in [1.807, 2.05) is 11.0 Å². The molecule has 0 radical (unpaired) electrons. The zero-order valence-corrected chi connectivity index (χ0v) is 14.4. The maximum absolute atomic E-state index is 13.8. The molecule has 2 atom stereocenters. The number of hydrogen-bond acceptors (Lipinski definition) is 2. The van der Waals surface area contributed by atoms with Crippen LogP contribution in [0.2, 0.25) is 0 Å². The lowest BCUT2D eigenvalue weighted by Crippen LogP contribution is -2.56. The van der Waals surface area contributed by atoms with Crippen molar-refractivity contribution in [1.82, 2.24) is 9.80 Å². The van der Waals surface area contributed by atoms with Gasteiger partial charge < -0.3 is 4.90 Å². The normalized spacial score (nSPS) is 23.4. The van der Waals surface area contributed by atoms with E-state index in [1.54, 1.807) is 6.07 Å². The van der Waals surface area contributed by atoms with Crippen LogP contribution in [0.1, 0.15) is 25.8 Å². The lowest BCUT2D eigenvalue weighted by atomic mass is 10.1. The van der Waals surface area contributed by atoms with Gasteiger partial charge in [0.1, 0.15) is 5.82 Å². The molecular weight excluding hydrogens is 335 g/mol. The molecule has 1 fully saturated rings. The second-order valence-corrected chi connectivity index (χ2v) is 6.84. The summed E-state index contributed by atoms with van der Waals surface area (Å²) >= 11 is 3.24. The Bertz CT molecular complexity index is 523. The van der Waals surface area contributed by atoms with E-state index < -0.39 is 0 Å². The van der Waals surface area contributed by atoms with Gasteiger partial charge in [0.25, 0.3) is 0 Å². The number of benzene rings is 1. The summed E-state index contributed by atoms with van der Waals surface area (Å²) in [6.07, 6.45) is 0.810. The highest BCUT2D eigenvalue weighted by molar-refractivity contribution is 9.10. The lowest BCUT2D eigenvalue weighted by Gasteiger charge is -2.42. The molecule has 1 amide bonds. The van der Waals surface area contributed by atoms with Crippen LogP contribution in [0.25, 0.3) is 0 Å². The summed E-state index contributed by atoms with van der Waals surface area (Å²) in [5, 5.41) is 0. The van der Waals surface area contributed by atoms with Gasteiger partial charge in [-0.05, 0) is 45.0 Å². The molecule has 116 valence electrons. The van der Waals surface area contributed by atoms with E-state index in [0.29, 0.717) is 24.4 Å². The molecule has 0 bridgehead atoms. The molecule has 1 aliphatic rings. The number of hydrogen-bond donors (Lipinski definition) is 0. The van der Waals surface area contributed by atoms with Crippen molar-refractivity contribution in [3.63, 3.8) is 0 Å². The van der Waals surface area contributed by atoms with Crippen molar-refractivity contribution in [2.75, 3.05) is 20.1 Å². The smallest absolute Gasteiger partial charge is 0.223 e. The van der Waals surface area contributed by atoms with Gasteiger partial charge >= 0.3 is 0 Å². The topological polar surface area (TPSA) is 23.6 Å². The summed E-state index contributed by atoms with van der Waals surface area (Å²) in [4.78, 5) is 16.6. The standard InChI is InChI=1S/C16H22BrFN2O/c1-11-10-20(12(2)9-19(11)3)16(21)7-5-13-4-6-14(17)8-15(13)18/h4,6,8,11-12H,5,7,9-10H2,1-3H3. The van der Waals surface area contributed by atoms with Gasteiger partial charge in [-0.2, -0.15) is 0 Å². The van der Waals surface area contributed by atoms with Gasteiger partial charge in [0, 0.05) is 36.1 Å². The Kier molecular flexibility index (Phi) is 5.38. The molecule has 0 N–H and O–H groups in total. The van der Waals surface area contributed by atoms with E-state index in [-0.39, 0.29) is 17.8 Å². The van der Waals surface area contributed by atoms with Crippen molar-refractivity contribution in [1.29, 1.82) is 0 Å². The van der Waals surface area contributed by atoms with Crippen molar-refractivity contribution in [2.24, 2.45) is 0 Å². The molecule has 3 nitrogen and oxygen atoms in total. The van der Waals surface area contributed by atoms with Crippen molar-refractivity contribution in [3.05, 3.63) is 34.1 Å². The van der Waals surface area contributed by atoms with Crippen molar-refractivity contribution in [2.45, 2.75) is 38.8 Å². The number of halogens is 2. The van der Waals surface area contributed by atoms with Gasteiger partial charge in [0.05, 0.1) is 0 Å². The zero-order chi connectivity index (χ0) is 15.6. The highest BCUT2D eigenvalue weighted by Crippen LogP contribution is 2.19. The van der Waals surface area contributed by atoms with Gasteiger partial charge in [-0.1, -0.05) is 22.0 Å². The van der Waals surface area contributed by atoms with E-state index in [2.05, 4.69) is 41.7 Å². The zero-order valence-electron chi connectivity index (χ0n) is 12.8. The van der Waals surface area contributed by atoms with Crippen molar-refractivity contribution in [3.8, 4) is 0 Å². The molecule has 2 rings (SSSR count). The quantitative estimate of drug-likeness (QED) is 0.830. The van der Waals surface area contributed by atoms with Crippen molar-refractivity contribution >= 4 is 21.8 Å². The van der Waals surface area contributed by atoms with Crippen LogP contribution in [0.3, 0.4) is 0 Å². The molecule has 1 aromatic rings. The van der Waals surface area contributed by atoms with E-state index in [9.17, 15) is 9.18 Å². The SMILES string of the molecule is CC1CN(C(=O)CCc2ccc(Br)cc2F)C(C)CN1C. The van der Waals surface area contributed by atoms with Crippen LogP contribution in [0.15, 0.2) is 22.7 Å². The Morgan fingerprint density at radius 2 is 2.05 bits per heavy atom. The Balaban J connectivity index is 1.95. The number of likely N-dealkylation sites (N-methyl/N-ethyl adjacent to an activating group) is 1. The van der Waals surface area contributed by atoms with E-state index in [4.69, 9.17) is 0 Å². The number of piperazine rings is 1. The molecule has 1 heterocycles. The van der Waals surface area contributed by atoms with Crippen LogP contribution in [0.4, 0.5) is 4.39 Å². The fourth-order valence-corrected chi connectivity index (χ4v) is 3.09. The minimum atomic E-state index is -0.253. The minimum absolute atomic E-state index is 0.116. The average molecular weight is 357 g/mol. The second-order valence-electron chi connectivity index (χ2n) is 5.92. The summed E-state index contributed by atoms with van der Waals surface area (Å²) in [7, 11) is 2.08. The fourth-order valence-electron chi connectivity index (χ4n) is 2.76. The average Bonchev–Trinajstić information content (AvgIpc) is 2.41. The van der Waals surface area contributed by atoms with E-state index >= 15 is 0 Å². The largest absolute Gasteiger partial charge is 0.337 e. The van der Waals surface area contributed by atoms with Gasteiger partial charge in [0.15, 0.2) is 0 Å². The number of amides is 1. The molecule has 1 aromatic carbocycles. The third-order valence-corrected chi connectivity index (χ3v) is 4.73. The molecule has 5 heteroatoms. The Morgan fingerprint density at radius 3 is 2.71 bits per heavy atom. The number of carbonyl (C=O) groups excluding carboxylic acids is 1. The first-order valence-electron chi connectivity index (χ1n) is 7.32. The van der Waals surface area contributed by atoms with Crippen molar-refractivity contribution < 1.29 is 9.18 Å². The second kappa shape index (κ2) is 6.88. The first kappa shape index (κ1) is 16.4. The lowest BCUT2D eigenvalue weighted by molar-refractivity contribution is -0.136. The molecule has 2 unspecified atom stereocenters.